The van der Waals surface area contributed by atoms with Crippen LogP contribution in [0.25, 0.3) is 31.8 Å². The van der Waals surface area contributed by atoms with E-state index >= 15 is 0 Å². The lowest BCUT2D eigenvalue weighted by molar-refractivity contribution is -0.641. The Morgan fingerprint density at radius 1 is 1.40 bits per heavy atom. The van der Waals surface area contributed by atoms with Crippen LogP contribution in [0, 0.1) is 0 Å². The van der Waals surface area contributed by atoms with Gasteiger partial charge < -0.3 is 4.57 Å². The lowest BCUT2D eigenvalue weighted by Crippen LogP contribution is -2.30. The van der Waals surface area contributed by atoms with Crippen LogP contribution in [0.2, 0.25) is 0 Å². The first kappa shape index (κ1) is 8.11. The molecule has 4 aromatic heterocycles. The van der Waals surface area contributed by atoms with Gasteiger partial charge in [-0.1, -0.05) is 0 Å². The minimum absolute atomic E-state index is 0.646. The topological polar surface area (TPSA) is 34.6 Å². The van der Waals surface area contributed by atoms with Crippen molar-refractivity contribution in [2.45, 2.75) is 6.54 Å². The summed E-state index contributed by atoms with van der Waals surface area (Å²) in [5, 5.41) is 1.98. The maximum Gasteiger partial charge on any atom is 0.274 e. The summed E-state index contributed by atoms with van der Waals surface area (Å²) in [6.07, 6.45) is 5.13. The normalized spacial score (nSPS) is 15.9. The largest absolute Gasteiger partial charge is 0.329 e. The molecule has 0 unspecified atom stereocenters. The first-order chi connectivity index (χ1) is 11.1. The fraction of sp³-hybridized carbons (Fsp3) is 0.133. The minimum Gasteiger partial charge on any atom is -0.329 e. The molecule has 5 rings (SSSR count). The molecule has 0 aromatic carbocycles. The van der Waals surface area contributed by atoms with Crippen molar-refractivity contribution in [3.05, 3.63) is 42.5 Å². The monoisotopic (exact) mass is 282 g/mol. The Kier molecular flexibility index (Phi) is 1.39. The number of nitrogens with zero attached hydrogens (tertiary/aromatic N) is 4. The Morgan fingerprint density at radius 3 is 3.35 bits per heavy atom. The highest BCUT2D eigenvalue weighted by Gasteiger charge is 2.35. The van der Waals surface area contributed by atoms with Gasteiger partial charge in [0.25, 0.3) is 10.5 Å². The van der Waals surface area contributed by atoms with Crippen LogP contribution in [0.1, 0.15) is 9.81 Å². The number of hydrogen-bond donors (Lipinski definition) is 0. The fourth-order valence-electron chi connectivity index (χ4n) is 2.96. The van der Waals surface area contributed by atoms with Crippen LogP contribution in [0.4, 0.5) is 0 Å². The number of fused-ring (bicyclic) bond motifs is 7. The van der Waals surface area contributed by atoms with Gasteiger partial charge in [-0.25, -0.2) is 0 Å². The van der Waals surface area contributed by atoms with Gasteiger partial charge in [-0.3, -0.25) is 9.97 Å². The number of aryl methyl sites for hydroxylation is 1. The molecule has 4 aromatic rings. The molecule has 5 heterocycles. The van der Waals surface area contributed by atoms with Gasteiger partial charge in [-0.05, 0) is 29.5 Å². The van der Waals surface area contributed by atoms with E-state index in [4.69, 9.17) is 4.11 Å². The lowest BCUT2D eigenvalue weighted by atomic mass is 10.2. The second-order valence-electron chi connectivity index (χ2n) is 4.87. The second kappa shape index (κ2) is 3.43. The van der Waals surface area contributed by atoms with Crippen LogP contribution in [-0.2, 0) is 13.5 Å². The third kappa shape index (κ3) is 1.10. The van der Waals surface area contributed by atoms with E-state index in [-0.39, 0.29) is 0 Å². The molecule has 0 bridgehead atoms. The predicted octanol–water partition coefficient (Wildman–Crippen LogP) is 2.50. The van der Waals surface area contributed by atoms with Gasteiger partial charge in [0.15, 0.2) is 11.4 Å². The lowest BCUT2D eigenvalue weighted by Gasteiger charge is -1.93. The van der Waals surface area contributed by atoms with Crippen LogP contribution < -0.4 is 4.57 Å². The van der Waals surface area contributed by atoms with E-state index in [9.17, 15) is 0 Å². The van der Waals surface area contributed by atoms with E-state index in [0.717, 1.165) is 32.0 Å². The van der Waals surface area contributed by atoms with Crippen molar-refractivity contribution in [3.8, 4) is 10.6 Å². The highest BCUT2D eigenvalue weighted by molar-refractivity contribution is 7.21. The van der Waals surface area contributed by atoms with E-state index < -0.39 is 6.98 Å². The average Bonchev–Trinajstić information content (AvgIpc) is 3.12. The molecule has 0 aliphatic carbocycles. The molecular weight excluding hydrogens is 268 g/mol. The van der Waals surface area contributed by atoms with Crippen molar-refractivity contribution >= 4 is 32.6 Å². The molecule has 0 saturated carbocycles. The van der Waals surface area contributed by atoms with Crippen molar-refractivity contribution in [2.75, 3.05) is 0 Å². The standard InChI is InChI=1S/C15H11N4S/c1-18-12-7-16-6-4-10(12)13-15(18)20-14-9-3-2-5-17-11(9)8-19(13)14/h2-7H,8H2,1H3/q+1/i1D3. The highest BCUT2D eigenvalue weighted by atomic mass is 32.1. The van der Waals surface area contributed by atoms with Crippen molar-refractivity contribution in [1.82, 2.24) is 14.5 Å². The first-order valence-electron chi connectivity index (χ1n) is 7.81. The van der Waals surface area contributed by atoms with Gasteiger partial charge >= 0.3 is 0 Å². The average molecular weight is 282 g/mol. The quantitative estimate of drug-likeness (QED) is 0.409. The molecule has 96 valence electrons. The number of hydrogen-bond acceptors (Lipinski definition) is 3. The Hall–Kier alpha value is -2.27. The third-order valence-corrected chi connectivity index (χ3v) is 5.04. The zero-order chi connectivity index (χ0) is 15.8. The van der Waals surface area contributed by atoms with Crippen LogP contribution >= 0.6 is 11.3 Å². The minimum atomic E-state index is -2.24. The van der Waals surface area contributed by atoms with Crippen LogP contribution in [0.5, 0.6) is 0 Å². The maximum atomic E-state index is 7.91. The Labute approximate surface area is 123 Å². The summed E-state index contributed by atoms with van der Waals surface area (Å²) in [5.41, 5.74) is 3.72. The number of thiazole rings is 1. The number of rotatable bonds is 0. The maximum absolute atomic E-state index is 7.91. The van der Waals surface area contributed by atoms with Gasteiger partial charge in [0, 0.05) is 23.5 Å². The summed E-state index contributed by atoms with van der Waals surface area (Å²) in [4.78, 5) is 9.31. The summed E-state index contributed by atoms with van der Waals surface area (Å²) in [7, 11) is 0. The second-order valence-corrected chi connectivity index (χ2v) is 5.85. The smallest absolute Gasteiger partial charge is 0.274 e. The molecule has 0 fully saturated rings. The first-order valence-corrected chi connectivity index (χ1v) is 7.13. The molecule has 0 saturated heterocycles. The molecule has 0 N–H and O–H groups in total. The summed E-state index contributed by atoms with van der Waals surface area (Å²) in [5.74, 6) is 0. The SMILES string of the molecule is [2H]C([2H])([2H])n1c2cnccc2c2c1sc1[n+]2Cc2ncccc2-1. The third-order valence-electron chi connectivity index (χ3n) is 3.84. The zero-order valence-corrected chi connectivity index (χ0v) is 11.2. The van der Waals surface area contributed by atoms with Gasteiger partial charge in [0.1, 0.15) is 5.69 Å². The van der Waals surface area contributed by atoms with Gasteiger partial charge in [-0.15, -0.1) is 0 Å². The Bertz CT molecular complexity index is 1090. The van der Waals surface area contributed by atoms with E-state index in [2.05, 4.69) is 14.5 Å². The zero-order valence-electron chi connectivity index (χ0n) is 13.4. The highest BCUT2D eigenvalue weighted by Crippen LogP contribution is 2.38. The van der Waals surface area contributed by atoms with E-state index in [0.29, 0.717) is 12.1 Å². The van der Waals surface area contributed by atoms with Gasteiger partial charge in [0.2, 0.25) is 0 Å². The molecular formula is C15H11N4S+. The Balaban J connectivity index is 1.96. The molecule has 1 aliphatic heterocycles. The molecule has 20 heavy (non-hydrogen) atoms. The van der Waals surface area contributed by atoms with E-state index in [1.165, 1.54) is 15.9 Å². The summed E-state index contributed by atoms with van der Waals surface area (Å²) in [6, 6.07) is 5.84. The van der Waals surface area contributed by atoms with Gasteiger partial charge in [-0.2, -0.15) is 4.57 Å². The Morgan fingerprint density at radius 2 is 2.40 bits per heavy atom. The molecule has 0 amide bonds. The molecule has 0 spiro atoms. The van der Waals surface area contributed by atoms with Crippen molar-refractivity contribution < 1.29 is 8.68 Å². The number of pyridine rings is 2. The van der Waals surface area contributed by atoms with Gasteiger partial charge in [0.05, 0.1) is 22.7 Å². The fourth-order valence-corrected chi connectivity index (χ4v) is 4.21. The van der Waals surface area contributed by atoms with Crippen molar-refractivity contribution in [1.29, 1.82) is 0 Å². The molecule has 0 radical (unpaired) electrons. The summed E-state index contributed by atoms with van der Waals surface area (Å²) in [6.45, 7) is -1.56. The van der Waals surface area contributed by atoms with E-state index in [1.807, 2.05) is 18.2 Å². The summed E-state index contributed by atoms with van der Waals surface area (Å²) >= 11 is 1.51. The molecule has 4 nitrogen and oxygen atoms in total. The van der Waals surface area contributed by atoms with E-state index in [1.54, 1.807) is 18.6 Å². The summed E-state index contributed by atoms with van der Waals surface area (Å²) < 4.78 is 27.3. The van der Waals surface area contributed by atoms with Crippen LogP contribution in [0.15, 0.2) is 36.8 Å². The van der Waals surface area contributed by atoms with Crippen LogP contribution in [0.3, 0.4) is 0 Å². The molecule has 0 atom stereocenters. The molecule has 5 heteroatoms. The predicted molar refractivity (Wildman–Crippen MR) is 78.6 cm³/mol. The van der Waals surface area contributed by atoms with Crippen LogP contribution in [-0.4, -0.2) is 14.5 Å². The van der Waals surface area contributed by atoms with Crippen molar-refractivity contribution in [2.24, 2.45) is 6.98 Å². The van der Waals surface area contributed by atoms with Crippen molar-refractivity contribution in [3.63, 3.8) is 0 Å². The molecule has 1 aliphatic rings. The number of aromatic nitrogens is 4.